The average Bonchev–Trinajstić information content (AvgIpc) is 2.72. The molecule has 3 rings (SSSR count). The summed E-state index contributed by atoms with van der Waals surface area (Å²) in [5, 5.41) is 5.54. The Hall–Kier alpha value is -3.05. The number of nitrogens with one attached hydrogen (secondary N) is 1. The van der Waals surface area contributed by atoms with Crippen LogP contribution in [0.1, 0.15) is 18.4 Å². The maximum absolute atomic E-state index is 12.0. The number of aryl methyl sites for hydroxylation is 1. The van der Waals surface area contributed by atoms with E-state index in [1.165, 1.54) is 0 Å². The van der Waals surface area contributed by atoms with Crippen molar-refractivity contribution in [2.45, 2.75) is 19.8 Å². The molecule has 6 heteroatoms. The van der Waals surface area contributed by atoms with E-state index >= 15 is 0 Å². The first kappa shape index (κ1) is 20.7. The van der Waals surface area contributed by atoms with E-state index < -0.39 is 5.97 Å². The van der Waals surface area contributed by atoms with Crippen molar-refractivity contribution in [1.82, 2.24) is 0 Å². The van der Waals surface area contributed by atoms with Crippen LogP contribution in [0.25, 0.3) is 10.8 Å². The van der Waals surface area contributed by atoms with Gasteiger partial charge in [0.05, 0.1) is 6.61 Å². The number of benzene rings is 3. The highest BCUT2D eigenvalue weighted by atomic mass is 35.5. The third-order valence-electron chi connectivity index (χ3n) is 4.32. The molecule has 0 fully saturated rings. The molecule has 29 heavy (non-hydrogen) atoms. The maximum Gasteiger partial charge on any atom is 0.306 e. The summed E-state index contributed by atoms with van der Waals surface area (Å²) in [4.78, 5) is 23.8. The number of esters is 1. The predicted octanol–water partition coefficient (Wildman–Crippen LogP) is 5.14. The van der Waals surface area contributed by atoms with Crippen molar-refractivity contribution in [3.05, 3.63) is 71.2 Å². The summed E-state index contributed by atoms with van der Waals surface area (Å²) < 4.78 is 10.6. The third-order valence-corrected chi connectivity index (χ3v) is 4.74. The molecule has 1 amide bonds. The summed E-state index contributed by atoms with van der Waals surface area (Å²) in [6.45, 7) is 1.96. The van der Waals surface area contributed by atoms with Crippen LogP contribution < -0.4 is 10.1 Å². The number of fused-ring (bicyclic) bond motifs is 1. The summed E-state index contributed by atoms with van der Waals surface area (Å²) in [6, 6.07) is 18.9. The fraction of sp³-hybridized carbons (Fsp3) is 0.217. The molecule has 0 atom stereocenters. The SMILES string of the molecule is Cc1cc(OCCCC(=O)OCC(=O)Nc2ccc3ccccc3c2)ccc1Cl. The molecule has 3 aromatic carbocycles. The summed E-state index contributed by atoms with van der Waals surface area (Å²) in [5.41, 5.74) is 1.59. The van der Waals surface area contributed by atoms with Crippen LogP contribution in [0.3, 0.4) is 0 Å². The lowest BCUT2D eigenvalue weighted by atomic mass is 10.1. The van der Waals surface area contributed by atoms with E-state index in [4.69, 9.17) is 21.1 Å². The number of anilines is 1. The minimum atomic E-state index is -0.436. The topological polar surface area (TPSA) is 64.6 Å². The summed E-state index contributed by atoms with van der Waals surface area (Å²) >= 11 is 5.97. The van der Waals surface area contributed by atoms with Gasteiger partial charge >= 0.3 is 5.97 Å². The number of carbonyl (C=O) groups is 2. The van der Waals surface area contributed by atoms with E-state index in [9.17, 15) is 9.59 Å². The van der Waals surface area contributed by atoms with Gasteiger partial charge in [-0.2, -0.15) is 0 Å². The number of hydrogen-bond acceptors (Lipinski definition) is 4. The van der Waals surface area contributed by atoms with E-state index in [-0.39, 0.29) is 18.9 Å². The Morgan fingerprint density at radius 3 is 2.59 bits per heavy atom. The Morgan fingerprint density at radius 2 is 1.79 bits per heavy atom. The number of carbonyl (C=O) groups excluding carboxylic acids is 2. The molecule has 0 aliphatic heterocycles. The van der Waals surface area contributed by atoms with Crippen LogP contribution in [0.5, 0.6) is 5.75 Å². The molecule has 0 saturated carbocycles. The molecule has 0 aliphatic rings. The second-order valence-electron chi connectivity index (χ2n) is 6.63. The van der Waals surface area contributed by atoms with E-state index in [1.54, 1.807) is 12.1 Å². The second kappa shape index (κ2) is 9.94. The molecule has 0 heterocycles. The molecule has 1 N–H and O–H groups in total. The molecule has 0 radical (unpaired) electrons. The van der Waals surface area contributed by atoms with Gasteiger partial charge in [-0.1, -0.05) is 41.9 Å². The zero-order valence-corrected chi connectivity index (χ0v) is 16.9. The highest BCUT2D eigenvalue weighted by Gasteiger charge is 2.09. The first-order chi connectivity index (χ1) is 14.0. The number of hydrogen-bond donors (Lipinski definition) is 1. The molecule has 3 aromatic rings. The van der Waals surface area contributed by atoms with E-state index in [0.717, 1.165) is 16.3 Å². The van der Waals surface area contributed by atoms with Gasteiger partial charge in [0.2, 0.25) is 0 Å². The fourth-order valence-corrected chi connectivity index (χ4v) is 2.91. The quantitative estimate of drug-likeness (QED) is 0.411. The Kier molecular flexibility index (Phi) is 7.09. The van der Waals surface area contributed by atoms with Crippen LogP contribution in [-0.2, 0) is 14.3 Å². The average molecular weight is 412 g/mol. The van der Waals surface area contributed by atoms with Gasteiger partial charge in [0.15, 0.2) is 6.61 Å². The smallest absolute Gasteiger partial charge is 0.306 e. The molecule has 0 unspecified atom stereocenters. The number of amides is 1. The first-order valence-corrected chi connectivity index (χ1v) is 9.72. The van der Waals surface area contributed by atoms with Crippen molar-refractivity contribution in [2.24, 2.45) is 0 Å². The lowest BCUT2D eigenvalue weighted by Crippen LogP contribution is -2.21. The molecular formula is C23H22ClNO4. The van der Waals surface area contributed by atoms with Gasteiger partial charge in [-0.15, -0.1) is 0 Å². The molecular weight excluding hydrogens is 390 g/mol. The van der Waals surface area contributed by atoms with Gasteiger partial charge in [-0.05, 0) is 60.0 Å². The van der Waals surface area contributed by atoms with Crippen LogP contribution in [0.2, 0.25) is 5.02 Å². The Bertz CT molecular complexity index is 1020. The number of ether oxygens (including phenoxy) is 2. The summed E-state index contributed by atoms with van der Waals surface area (Å²) in [6.07, 6.45) is 0.669. The normalized spacial score (nSPS) is 10.6. The molecule has 0 bridgehead atoms. The minimum Gasteiger partial charge on any atom is -0.494 e. The molecule has 0 spiro atoms. The lowest BCUT2D eigenvalue weighted by Gasteiger charge is -2.09. The summed E-state index contributed by atoms with van der Waals surface area (Å²) in [5.74, 6) is -0.105. The summed E-state index contributed by atoms with van der Waals surface area (Å²) in [7, 11) is 0. The van der Waals surface area contributed by atoms with Gasteiger partial charge in [0.25, 0.3) is 5.91 Å². The van der Waals surface area contributed by atoms with E-state index in [0.29, 0.717) is 29.5 Å². The van der Waals surface area contributed by atoms with E-state index in [2.05, 4.69) is 5.32 Å². The standard InChI is InChI=1S/C23H22ClNO4/c1-16-13-20(10-11-21(16)24)28-12-4-7-23(27)29-15-22(26)25-19-9-8-17-5-2-3-6-18(17)14-19/h2-3,5-6,8-11,13-14H,4,7,12,15H2,1H3,(H,25,26). The molecule has 0 aliphatic carbocycles. The van der Waals surface area contributed by atoms with Gasteiger partial charge in [0.1, 0.15) is 5.75 Å². The molecule has 0 aromatic heterocycles. The number of rotatable bonds is 8. The highest BCUT2D eigenvalue weighted by Crippen LogP contribution is 2.21. The van der Waals surface area contributed by atoms with Crippen LogP contribution in [-0.4, -0.2) is 25.1 Å². The van der Waals surface area contributed by atoms with Crippen molar-refractivity contribution < 1.29 is 19.1 Å². The van der Waals surface area contributed by atoms with Gasteiger partial charge in [-0.25, -0.2) is 0 Å². The van der Waals surface area contributed by atoms with Crippen LogP contribution in [0.4, 0.5) is 5.69 Å². The fourth-order valence-electron chi connectivity index (χ4n) is 2.80. The van der Waals surface area contributed by atoms with Crippen LogP contribution in [0.15, 0.2) is 60.7 Å². The first-order valence-electron chi connectivity index (χ1n) is 9.34. The van der Waals surface area contributed by atoms with Crippen molar-refractivity contribution in [2.75, 3.05) is 18.5 Å². The predicted molar refractivity (Wildman–Crippen MR) is 114 cm³/mol. The number of halogens is 1. The largest absolute Gasteiger partial charge is 0.494 e. The van der Waals surface area contributed by atoms with Crippen molar-refractivity contribution in [1.29, 1.82) is 0 Å². The molecule has 150 valence electrons. The van der Waals surface area contributed by atoms with Crippen molar-refractivity contribution >= 4 is 39.9 Å². The van der Waals surface area contributed by atoms with Gasteiger partial charge in [-0.3, -0.25) is 9.59 Å². The van der Waals surface area contributed by atoms with Crippen molar-refractivity contribution in [3.8, 4) is 5.75 Å². The lowest BCUT2D eigenvalue weighted by molar-refractivity contribution is -0.147. The zero-order valence-electron chi connectivity index (χ0n) is 16.1. The maximum atomic E-state index is 12.0. The Balaban J connectivity index is 1.36. The monoisotopic (exact) mass is 411 g/mol. The van der Waals surface area contributed by atoms with Crippen molar-refractivity contribution in [3.63, 3.8) is 0 Å². The molecule has 0 saturated heterocycles. The minimum absolute atomic E-state index is 0.176. The highest BCUT2D eigenvalue weighted by molar-refractivity contribution is 6.31. The Labute approximate surface area is 174 Å². The van der Waals surface area contributed by atoms with Crippen LogP contribution in [0, 0.1) is 6.92 Å². The second-order valence-corrected chi connectivity index (χ2v) is 7.04. The van der Waals surface area contributed by atoms with E-state index in [1.807, 2.05) is 55.5 Å². The van der Waals surface area contributed by atoms with Gasteiger partial charge in [0, 0.05) is 17.1 Å². The third kappa shape index (κ3) is 6.22. The zero-order chi connectivity index (χ0) is 20.6. The van der Waals surface area contributed by atoms with Crippen LogP contribution >= 0.6 is 11.6 Å². The molecule has 5 nitrogen and oxygen atoms in total. The Morgan fingerprint density at radius 1 is 1.00 bits per heavy atom. The van der Waals surface area contributed by atoms with Gasteiger partial charge < -0.3 is 14.8 Å².